The van der Waals surface area contributed by atoms with Crippen LogP contribution in [0, 0.1) is 20.8 Å². The van der Waals surface area contributed by atoms with Crippen LogP contribution in [-0.2, 0) is 9.59 Å². The van der Waals surface area contributed by atoms with Gasteiger partial charge < -0.3 is 9.52 Å². The van der Waals surface area contributed by atoms with Gasteiger partial charge >= 0.3 is 5.91 Å². The molecular weight excluding hydrogens is 376 g/mol. The Hall–Kier alpha value is -3.19. The molecule has 1 aromatic carbocycles. The Morgan fingerprint density at radius 3 is 2.43 bits per heavy atom. The lowest BCUT2D eigenvalue weighted by Crippen LogP contribution is -2.29. The molecule has 7 heteroatoms. The van der Waals surface area contributed by atoms with Crippen LogP contribution in [0.4, 0.5) is 5.13 Å². The van der Waals surface area contributed by atoms with Gasteiger partial charge in [0, 0.05) is 10.4 Å². The molecule has 142 valence electrons. The predicted molar refractivity (Wildman–Crippen MR) is 106 cm³/mol. The van der Waals surface area contributed by atoms with Crippen LogP contribution in [0.1, 0.15) is 33.5 Å². The van der Waals surface area contributed by atoms with Crippen molar-refractivity contribution in [2.24, 2.45) is 0 Å². The summed E-state index contributed by atoms with van der Waals surface area (Å²) >= 11 is 1.33. The number of hydrogen-bond acceptors (Lipinski definition) is 6. The van der Waals surface area contributed by atoms with Crippen molar-refractivity contribution in [3.8, 4) is 0 Å². The normalized spacial score (nSPS) is 18.8. The number of ketones is 1. The van der Waals surface area contributed by atoms with Gasteiger partial charge in [-0.2, -0.15) is 0 Å². The van der Waals surface area contributed by atoms with Gasteiger partial charge in [-0.1, -0.05) is 29.8 Å². The Morgan fingerprint density at radius 2 is 1.86 bits per heavy atom. The number of anilines is 1. The zero-order valence-corrected chi connectivity index (χ0v) is 16.4. The van der Waals surface area contributed by atoms with Crippen LogP contribution in [0.3, 0.4) is 0 Å². The van der Waals surface area contributed by atoms with Gasteiger partial charge in [-0.05, 0) is 32.9 Å². The van der Waals surface area contributed by atoms with E-state index in [0.717, 1.165) is 16.1 Å². The Morgan fingerprint density at radius 1 is 1.14 bits per heavy atom. The van der Waals surface area contributed by atoms with Gasteiger partial charge in [0.05, 0.1) is 17.5 Å². The number of carbonyl (C=O) groups excluding carboxylic acids is 2. The molecule has 1 N–H and O–H groups in total. The number of aromatic nitrogens is 1. The summed E-state index contributed by atoms with van der Waals surface area (Å²) in [6.45, 7) is 5.68. The van der Waals surface area contributed by atoms with E-state index in [-0.39, 0.29) is 11.3 Å². The molecule has 1 aliphatic heterocycles. The summed E-state index contributed by atoms with van der Waals surface area (Å²) in [7, 11) is 0. The highest BCUT2D eigenvalue weighted by atomic mass is 32.1. The van der Waals surface area contributed by atoms with Crippen LogP contribution in [0.25, 0.3) is 5.76 Å². The molecule has 1 amide bonds. The highest BCUT2D eigenvalue weighted by molar-refractivity contribution is 7.16. The topological polar surface area (TPSA) is 83.6 Å². The van der Waals surface area contributed by atoms with Crippen molar-refractivity contribution in [1.82, 2.24) is 4.98 Å². The second-order valence-corrected chi connectivity index (χ2v) is 7.87. The van der Waals surface area contributed by atoms with E-state index in [0.29, 0.717) is 16.5 Å². The molecule has 0 unspecified atom stereocenters. The highest BCUT2D eigenvalue weighted by Gasteiger charge is 2.49. The maximum absolute atomic E-state index is 12.9. The molecule has 28 heavy (non-hydrogen) atoms. The summed E-state index contributed by atoms with van der Waals surface area (Å²) in [5.41, 5.74) is 2.27. The highest BCUT2D eigenvalue weighted by Crippen LogP contribution is 2.43. The van der Waals surface area contributed by atoms with E-state index in [2.05, 4.69) is 4.98 Å². The van der Waals surface area contributed by atoms with Gasteiger partial charge in [0.2, 0.25) is 0 Å². The van der Waals surface area contributed by atoms with Crippen LogP contribution < -0.4 is 4.90 Å². The van der Waals surface area contributed by atoms with Crippen LogP contribution in [0.15, 0.2) is 52.7 Å². The molecule has 0 radical (unpaired) electrons. The molecule has 3 aromatic rings. The molecule has 1 fully saturated rings. The van der Waals surface area contributed by atoms with Gasteiger partial charge in [0.15, 0.2) is 5.13 Å². The second-order valence-electron chi connectivity index (χ2n) is 6.69. The summed E-state index contributed by atoms with van der Waals surface area (Å²) in [4.78, 5) is 32.5. The number of nitrogens with zero attached hydrogens (tertiary/aromatic N) is 2. The average Bonchev–Trinajstić information content (AvgIpc) is 3.36. The van der Waals surface area contributed by atoms with Crippen molar-refractivity contribution in [2.45, 2.75) is 26.8 Å². The monoisotopic (exact) mass is 394 g/mol. The first kappa shape index (κ1) is 18.2. The van der Waals surface area contributed by atoms with Crippen molar-refractivity contribution < 1.29 is 19.1 Å². The standard InChI is InChI=1S/C21H18N2O4S/c1-11-6-8-14(9-7-11)18(24)16-17(15-5-4-10-27-15)23(20(26)19(16)25)21-22-12(2)13(3)28-21/h4-10,17,24H,1-3H3/t17-/m1/s1. The third kappa shape index (κ3) is 2.84. The number of Topliss-reactive ketones (excluding diaryl/α,β-unsaturated/α-hetero) is 1. The summed E-state index contributed by atoms with van der Waals surface area (Å²) in [6.07, 6.45) is 1.47. The first-order valence-electron chi connectivity index (χ1n) is 8.74. The van der Waals surface area contributed by atoms with E-state index in [4.69, 9.17) is 4.42 Å². The molecule has 1 atom stereocenters. The summed E-state index contributed by atoms with van der Waals surface area (Å²) in [6, 6.07) is 9.59. The van der Waals surface area contributed by atoms with Crippen LogP contribution in [0.5, 0.6) is 0 Å². The lowest BCUT2D eigenvalue weighted by atomic mass is 9.99. The minimum absolute atomic E-state index is 0.00527. The van der Waals surface area contributed by atoms with Crippen LogP contribution in [-0.4, -0.2) is 21.8 Å². The van der Waals surface area contributed by atoms with Gasteiger partial charge in [-0.25, -0.2) is 4.98 Å². The number of aryl methyl sites for hydroxylation is 3. The zero-order valence-electron chi connectivity index (χ0n) is 15.6. The number of amides is 1. The number of hydrogen-bond donors (Lipinski definition) is 1. The molecular formula is C21H18N2O4S. The largest absolute Gasteiger partial charge is 0.507 e. The lowest BCUT2D eigenvalue weighted by molar-refractivity contribution is -0.132. The number of benzene rings is 1. The van der Waals surface area contributed by atoms with Crippen molar-refractivity contribution in [3.05, 3.63) is 75.7 Å². The van der Waals surface area contributed by atoms with Crippen molar-refractivity contribution >= 4 is 33.9 Å². The number of aliphatic hydroxyl groups excluding tert-OH is 1. The van der Waals surface area contributed by atoms with E-state index in [1.807, 2.05) is 32.9 Å². The van der Waals surface area contributed by atoms with E-state index in [1.54, 1.807) is 24.3 Å². The minimum Gasteiger partial charge on any atom is -0.507 e. The molecule has 1 aliphatic rings. The van der Waals surface area contributed by atoms with Gasteiger partial charge in [0.25, 0.3) is 5.78 Å². The van der Waals surface area contributed by atoms with Crippen molar-refractivity contribution in [2.75, 3.05) is 4.90 Å². The number of furan rings is 1. The fraction of sp³-hybridized carbons (Fsp3) is 0.190. The van der Waals surface area contributed by atoms with Gasteiger partial charge in [0.1, 0.15) is 17.6 Å². The van der Waals surface area contributed by atoms with Crippen molar-refractivity contribution in [1.29, 1.82) is 0 Å². The number of carbonyl (C=O) groups is 2. The number of thiazole rings is 1. The number of rotatable bonds is 3. The molecule has 0 saturated carbocycles. The van der Waals surface area contributed by atoms with Gasteiger partial charge in [-0.15, -0.1) is 11.3 Å². The Kier molecular flexibility index (Phi) is 4.39. The second kappa shape index (κ2) is 6.76. The molecule has 0 bridgehead atoms. The summed E-state index contributed by atoms with van der Waals surface area (Å²) in [5.74, 6) is -1.33. The Bertz CT molecular complexity index is 1070. The average molecular weight is 394 g/mol. The quantitative estimate of drug-likeness (QED) is 0.407. The Labute approximate surface area is 165 Å². The first-order chi connectivity index (χ1) is 13.4. The van der Waals surface area contributed by atoms with Gasteiger partial charge in [-0.3, -0.25) is 14.5 Å². The van der Waals surface area contributed by atoms with E-state index in [1.165, 1.54) is 22.5 Å². The predicted octanol–water partition coefficient (Wildman–Crippen LogP) is 4.29. The fourth-order valence-corrected chi connectivity index (χ4v) is 4.11. The maximum Gasteiger partial charge on any atom is 0.302 e. The molecule has 4 rings (SSSR count). The maximum atomic E-state index is 12.9. The van der Waals surface area contributed by atoms with E-state index >= 15 is 0 Å². The Balaban J connectivity index is 1.92. The summed E-state index contributed by atoms with van der Waals surface area (Å²) in [5, 5.41) is 11.3. The summed E-state index contributed by atoms with van der Waals surface area (Å²) < 4.78 is 5.52. The molecule has 6 nitrogen and oxygen atoms in total. The van der Waals surface area contributed by atoms with E-state index in [9.17, 15) is 14.7 Å². The zero-order chi connectivity index (χ0) is 20.0. The van der Waals surface area contributed by atoms with E-state index < -0.39 is 17.7 Å². The first-order valence-corrected chi connectivity index (χ1v) is 9.55. The third-order valence-electron chi connectivity index (χ3n) is 4.81. The van der Waals surface area contributed by atoms with Crippen molar-refractivity contribution in [3.63, 3.8) is 0 Å². The molecule has 2 aromatic heterocycles. The smallest absolute Gasteiger partial charge is 0.302 e. The van der Waals surface area contributed by atoms with Crippen LogP contribution >= 0.6 is 11.3 Å². The molecule has 0 spiro atoms. The number of aliphatic hydroxyl groups is 1. The SMILES string of the molecule is Cc1ccc(C(O)=C2C(=O)C(=O)N(c3nc(C)c(C)s3)[C@@H]2c2ccco2)cc1. The molecule has 1 saturated heterocycles. The molecule has 3 heterocycles. The third-order valence-corrected chi connectivity index (χ3v) is 5.88. The fourth-order valence-electron chi connectivity index (χ4n) is 3.17. The minimum atomic E-state index is -0.874. The lowest BCUT2D eigenvalue weighted by Gasteiger charge is -2.20. The molecule has 0 aliphatic carbocycles. The van der Waals surface area contributed by atoms with Crippen LogP contribution in [0.2, 0.25) is 0 Å².